The first-order valence-electron chi connectivity index (χ1n) is 2.12. The topological polar surface area (TPSA) is 0 Å². The Labute approximate surface area is 121 Å². The molecule has 1 aromatic carbocycles. The van der Waals surface area contributed by atoms with Gasteiger partial charge in [0.15, 0.2) is 0 Å². The Morgan fingerprint density at radius 3 is 2.17 bits per heavy atom. The van der Waals surface area contributed by atoms with Crippen LogP contribution in [0.3, 0.4) is 0 Å². The van der Waals surface area contributed by atoms with Crippen molar-refractivity contribution in [1.82, 2.24) is 0 Å². The fourth-order valence-electron chi connectivity index (χ4n) is 0.412. The van der Waals surface area contributed by atoms with Crippen LogP contribution in [0.4, 0.5) is 4.39 Å². The molecule has 0 spiro atoms. The fraction of sp³-hybridized carbons (Fsp3) is 0. The summed E-state index contributed by atoms with van der Waals surface area (Å²) in [6.07, 6.45) is 0. The predicted molar refractivity (Wildman–Crippen MR) is 36.0 cm³/mol. The predicted octanol–water partition coefficient (Wildman–Crippen LogP) is -7.09. The van der Waals surface area contributed by atoms with E-state index in [1.807, 2.05) is 0 Å². The molecule has 0 heterocycles. The van der Waals surface area contributed by atoms with E-state index in [-0.39, 0.29) is 71.3 Å². The summed E-state index contributed by atoms with van der Waals surface area (Å²) in [7, 11) is 0. The summed E-state index contributed by atoms with van der Waals surface area (Å²) in [5.74, 6) is -0.419. The molecule has 0 aliphatic rings. The standard InChI is InChI=1S/C6H3ClF.BrH.ClH.Li.Mg/c7-5-2-1-3-6(8)4-5;;;;/h1-2,4H;2*1H;;/q-1;;;+1;+2/p-2. The molecule has 0 bridgehead atoms. The molecule has 0 aromatic heterocycles. The molecule has 58 valence electrons. The minimum atomic E-state index is -0.419. The van der Waals surface area contributed by atoms with Gasteiger partial charge in [-0.25, -0.2) is 4.39 Å². The summed E-state index contributed by atoms with van der Waals surface area (Å²) >= 11 is 5.38. The van der Waals surface area contributed by atoms with Crippen LogP contribution in [0.15, 0.2) is 18.2 Å². The first-order valence-corrected chi connectivity index (χ1v) is 2.49. The minimum Gasteiger partial charge on any atom is -1.00 e. The second-order valence-corrected chi connectivity index (χ2v) is 1.79. The molecule has 12 heavy (non-hydrogen) atoms. The molecule has 1 rings (SSSR count). The first-order chi connectivity index (χ1) is 3.79. The number of halogens is 4. The van der Waals surface area contributed by atoms with Crippen LogP contribution in [0.2, 0.25) is 5.02 Å². The largest absolute Gasteiger partial charge is 2.00 e. The Kier molecular flexibility index (Phi) is 24.5. The van der Waals surface area contributed by atoms with E-state index in [1.165, 1.54) is 12.1 Å². The molecule has 0 amide bonds. The normalized spacial score (nSPS) is 6.17. The number of hydrogen-bond donors (Lipinski definition) is 0. The Bertz CT molecular complexity index is 185. The maximum Gasteiger partial charge on any atom is 2.00 e. The number of hydrogen-bond acceptors (Lipinski definition) is 0. The molecule has 0 unspecified atom stereocenters. The van der Waals surface area contributed by atoms with Crippen LogP contribution in [-0.2, 0) is 0 Å². The Morgan fingerprint density at radius 1 is 1.42 bits per heavy atom. The quantitative estimate of drug-likeness (QED) is 0.326. The van der Waals surface area contributed by atoms with Gasteiger partial charge in [-0.2, -0.15) is 12.1 Å². The minimum absolute atomic E-state index is 0. The maximum atomic E-state index is 12.0. The summed E-state index contributed by atoms with van der Waals surface area (Å²) in [5, 5.41) is 0.404. The number of rotatable bonds is 0. The van der Waals surface area contributed by atoms with Crippen molar-refractivity contribution in [1.29, 1.82) is 0 Å². The van der Waals surface area contributed by atoms with Gasteiger partial charge in [0.25, 0.3) is 0 Å². The average molecular weight is 276 g/mol. The van der Waals surface area contributed by atoms with Crippen molar-refractivity contribution in [3.63, 3.8) is 0 Å². The molecule has 0 aliphatic carbocycles. The molecule has 0 saturated carbocycles. The molecule has 0 radical (unpaired) electrons. The van der Waals surface area contributed by atoms with Gasteiger partial charge in [-0.05, 0) is 0 Å². The summed E-state index contributed by atoms with van der Waals surface area (Å²) in [6, 6.07) is 6.55. The van der Waals surface area contributed by atoms with Gasteiger partial charge in [0, 0.05) is 5.82 Å². The van der Waals surface area contributed by atoms with Gasteiger partial charge < -0.3 is 29.4 Å². The zero-order chi connectivity index (χ0) is 5.98. The van der Waals surface area contributed by atoms with E-state index in [0.717, 1.165) is 0 Å². The van der Waals surface area contributed by atoms with E-state index in [2.05, 4.69) is 6.07 Å². The molecular weight excluding hydrogens is 273 g/mol. The monoisotopic (exact) mass is 274 g/mol. The molecule has 0 aliphatic heterocycles. The number of benzene rings is 1. The van der Waals surface area contributed by atoms with Crippen LogP contribution in [0, 0.1) is 11.9 Å². The van der Waals surface area contributed by atoms with Crippen molar-refractivity contribution in [3.05, 3.63) is 35.1 Å². The van der Waals surface area contributed by atoms with Crippen LogP contribution in [0.5, 0.6) is 0 Å². The van der Waals surface area contributed by atoms with Gasteiger partial charge in [0.2, 0.25) is 0 Å². The van der Waals surface area contributed by atoms with Gasteiger partial charge >= 0.3 is 41.9 Å². The van der Waals surface area contributed by atoms with Gasteiger partial charge in [0.05, 0.1) is 0 Å². The van der Waals surface area contributed by atoms with Crippen LogP contribution in [0.1, 0.15) is 0 Å². The summed E-state index contributed by atoms with van der Waals surface area (Å²) in [6.45, 7) is 0. The third kappa shape index (κ3) is 9.66. The maximum absolute atomic E-state index is 12.0. The van der Waals surface area contributed by atoms with Gasteiger partial charge in [-0.1, -0.05) is 5.02 Å². The smallest absolute Gasteiger partial charge is 1.00 e. The van der Waals surface area contributed by atoms with Crippen molar-refractivity contribution < 1.29 is 52.6 Å². The van der Waals surface area contributed by atoms with Crippen molar-refractivity contribution in [2.24, 2.45) is 0 Å². The van der Waals surface area contributed by atoms with E-state index in [0.29, 0.717) is 5.02 Å². The fourth-order valence-corrected chi connectivity index (χ4v) is 0.571. The average Bonchev–Trinajstić information content (AvgIpc) is 1.64. The van der Waals surface area contributed by atoms with E-state index in [1.54, 1.807) is 6.07 Å². The van der Waals surface area contributed by atoms with E-state index in [4.69, 9.17) is 11.6 Å². The SMILES string of the molecule is Fc1[c-]ccc(Cl)c1.[Br-].[Cl-].[Li+].[Mg+2]. The van der Waals surface area contributed by atoms with Gasteiger partial charge in [0.1, 0.15) is 0 Å². The molecule has 0 fully saturated rings. The molecule has 0 N–H and O–H groups in total. The van der Waals surface area contributed by atoms with Gasteiger partial charge in [-0.3, -0.25) is 0 Å². The molecule has 0 saturated heterocycles. The van der Waals surface area contributed by atoms with Crippen molar-refractivity contribution in [3.8, 4) is 0 Å². The van der Waals surface area contributed by atoms with Crippen LogP contribution >= 0.6 is 11.6 Å². The summed E-state index contributed by atoms with van der Waals surface area (Å²) < 4.78 is 12.0. The van der Waals surface area contributed by atoms with Crippen molar-refractivity contribution in [2.75, 3.05) is 0 Å². The van der Waals surface area contributed by atoms with Crippen molar-refractivity contribution in [2.45, 2.75) is 0 Å². The van der Waals surface area contributed by atoms with Crippen molar-refractivity contribution >= 4 is 34.7 Å². The Balaban J connectivity index is -0.0000000800. The zero-order valence-electron chi connectivity index (χ0n) is 6.45. The van der Waals surface area contributed by atoms with Gasteiger partial charge in [-0.15, -0.1) is 23.7 Å². The Hall–Kier alpha value is 1.57. The van der Waals surface area contributed by atoms with Crippen LogP contribution in [0.25, 0.3) is 0 Å². The molecule has 0 nitrogen and oxygen atoms in total. The third-order valence-electron chi connectivity index (χ3n) is 0.728. The van der Waals surface area contributed by atoms with E-state index < -0.39 is 5.82 Å². The van der Waals surface area contributed by atoms with E-state index >= 15 is 0 Å². The summed E-state index contributed by atoms with van der Waals surface area (Å²) in [5.41, 5.74) is 0. The third-order valence-corrected chi connectivity index (χ3v) is 0.963. The molecule has 0 atom stereocenters. The Morgan fingerprint density at radius 2 is 1.92 bits per heavy atom. The molecule has 6 heteroatoms. The first kappa shape index (κ1) is 23.4. The molecule has 1 aromatic rings. The zero-order valence-corrected chi connectivity index (χ0v) is 11.0. The van der Waals surface area contributed by atoms with Crippen LogP contribution in [-0.4, -0.2) is 23.1 Å². The molecular formula is C6H3BrCl2FLiMg. The van der Waals surface area contributed by atoms with Crippen LogP contribution < -0.4 is 48.2 Å². The van der Waals surface area contributed by atoms with E-state index in [9.17, 15) is 4.39 Å². The second-order valence-electron chi connectivity index (χ2n) is 1.35. The second kappa shape index (κ2) is 12.6. The summed E-state index contributed by atoms with van der Waals surface area (Å²) in [4.78, 5) is 0.